The number of aliphatic hydroxyl groups is 5. The van der Waals surface area contributed by atoms with E-state index < -0.39 is 78.8 Å². The molecule has 16 nitrogen and oxygen atoms in total. The van der Waals surface area contributed by atoms with E-state index in [2.05, 4.69) is 16.0 Å². The monoisotopic (exact) mass is 594 g/mol. The van der Waals surface area contributed by atoms with Gasteiger partial charge in [-0.1, -0.05) is 0 Å². The Morgan fingerprint density at radius 2 is 1.83 bits per heavy atom. The fraction of sp³-hybridized carbons (Fsp3) is 0.960. The van der Waals surface area contributed by atoms with E-state index in [0.717, 1.165) is 0 Å². The predicted octanol–water partition coefficient (Wildman–Crippen LogP) is -5.49. The smallest absolute Gasteiger partial charge is 0.249 e. The Hall–Kier alpha value is -1.09. The number of carbonyl (C=O) groups is 1. The van der Waals surface area contributed by atoms with Gasteiger partial charge in [-0.3, -0.25) is 4.79 Å². The van der Waals surface area contributed by atoms with E-state index in [1.807, 2.05) is 0 Å². The fourth-order valence-electron chi connectivity index (χ4n) is 5.68. The van der Waals surface area contributed by atoms with Crippen LogP contribution in [0.1, 0.15) is 32.6 Å². The molecule has 0 spiro atoms. The molecule has 1 saturated carbocycles. The van der Waals surface area contributed by atoms with Crippen LogP contribution in [-0.4, -0.2) is 150 Å². The van der Waals surface area contributed by atoms with Gasteiger partial charge in [0.2, 0.25) is 5.91 Å². The van der Waals surface area contributed by atoms with Gasteiger partial charge in [0, 0.05) is 19.1 Å². The lowest BCUT2D eigenvalue weighted by atomic mass is 9.83. The molecule has 240 valence electrons. The van der Waals surface area contributed by atoms with Crippen molar-refractivity contribution in [2.75, 3.05) is 39.9 Å². The molecule has 1 amide bonds. The molecule has 14 N–H and O–H groups in total. The van der Waals surface area contributed by atoms with Crippen LogP contribution in [0.3, 0.4) is 0 Å². The first kappa shape index (κ1) is 34.4. The molecule has 2 saturated heterocycles. The number of carbonyl (C=O) groups excluding carboxylic acids is 1. The number of aliphatic hydroxyl groups excluding tert-OH is 4. The summed E-state index contributed by atoms with van der Waals surface area (Å²) in [6, 6.07) is -3.01. The second kappa shape index (κ2) is 15.6. The average Bonchev–Trinajstić information content (AvgIpc) is 2.91. The Morgan fingerprint density at radius 3 is 2.49 bits per heavy atom. The molecular formula is C25H50N6O10. The molecule has 0 aromatic carbocycles. The maximum atomic E-state index is 12.7. The van der Waals surface area contributed by atoms with Crippen LogP contribution in [0.4, 0.5) is 0 Å². The van der Waals surface area contributed by atoms with Crippen molar-refractivity contribution in [2.24, 2.45) is 17.2 Å². The maximum absolute atomic E-state index is 12.7. The zero-order valence-electron chi connectivity index (χ0n) is 23.8. The highest BCUT2D eigenvalue weighted by Crippen LogP contribution is 2.32. The summed E-state index contributed by atoms with van der Waals surface area (Å²) in [6.45, 7) is 2.30. The molecule has 0 radical (unpaired) electrons. The largest absolute Gasteiger partial charge is 0.395 e. The maximum Gasteiger partial charge on any atom is 0.249 e. The highest BCUT2D eigenvalue weighted by Gasteiger charge is 2.52. The van der Waals surface area contributed by atoms with Gasteiger partial charge in [0.05, 0.1) is 37.4 Å². The van der Waals surface area contributed by atoms with Crippen LogP contribution in [-0.2, 0) is 23.7 Å². The minimum Gasteiger partial charge on any atom is -0.395 e. The van der Waals surface area contributed by atoms with Crippen LogP contribution >= 0.6 is 0 Å². The summed E-state index contributed by atoms with van der Waals surface area (Å²) in [5, 5.41) is 60.9. The van der Waals surface area contributed by atoms with Gasteiger partial charge in [-0.15, -0.1) is 0 Å². The number of hydrogen-bond acceptors (Lipinski definition) is 15. The Balaban J connectivity index is 1.78. The standard InChI is InChI=1S/C25H50N6O10/c1-25(37)11-38-24(18(35)21(25)29-2)41-20-15(31-22(36)16(33)5-6-26)9-14(28)19(17(20)34)40-23-13(27)4-3-12(39-23)10-30-7-8-32/h12-21,23-24,29-30,32-35,37H,3-11,26-28H2,1-2H3,(H,31,36)/t12?,13?,14?,15-,16+,17?,18?,19-,20?,21?,23-,24-,25+/m1/s1. The molecule has 0 aromatic rings. The number of hydrogen-bond donors (Lipinski definition) is 11. The highest BCUT2D eigenvalue weighted by atomic mass is 16.7. The number of ether oxygens (including phenoxy) is 4. The highest BCUT2D eigenvalue weighted by molar-refractivity contribution is 5.80. The quantitative estimate of drug-likeness (QED) is 0.0888. The van der Waals surface area contributed by atoms with Gasteiger partial charge < -0.3 is 77.6 Å². The van der Waals surface area contributed by atoms with E-state index in [0.29, 0.717) is 25.9 Å². The molecule has 0 bridgehead atoms. The molecule has 2 aliphatic heterocycles. The molecule has 3 rings (SSSR count). The van der Waals surface area contributed by atoms with E-state index >= 15 is 0 Å². The van der Waals surface area contributed by atoms with Crippen LogP contribution in [0.25, 0.3) is 0 Å². The summed E-state index contributed by atoms with van der Waals surface area (Å²) in [5.74, 6) is -0.718. The molecule has 13 atom stereocenters. The number of nitrogens with two attached hydrogens (primary N) is 3. The van der Waals surface area contributed by atoms with Crippen LogP contribution in [0.5, 0.6) is 0 Å². The fourth-order valence-corrected chi connectivity index (χ4v) is 5.68. The van der Waals surface area contributed by atoms with Crippen LogP contribution in [0.2, 0.25) is 0 Å². The summed E-state index contributed by atoms with van der Waals surface area (Å²) in [6.07, 6.45) is -7.43. The lowest BCUT2D eigenvalue weighted by Crippen LogP contribution is -2.69. The first-order chi connectivity index (χ1) is 19.4. The zero-order valence-corrected chi connectivity index (χ0v) is 23.8. The van der Waals surface area contributed by atoms with E-state index in [-0.39, 0.29) is 38.7 Å². The molecule has 2 heterocycles. The number of amides is 1. The summed E-state index contributed by atoms with van der Waals surface area (Å²) in [4.78, 5) is 12.7. The van der Waals surface area contributed by atoms with Gasteiger partial charge in [0.15, 0.2) is 12.6 Å². The molecular weight excluding hydrogens is 544 g/mol. The zero-order chi connectivity index (χ0) is 30.3. The SMILES string of the molecule is CNC1C(O)[C@@H](OC2C(O)[C@H](O[C@H]3OC(CNCCO)CCC3N)C(N)C[C@H]2NC(=O)[C@@H](O)CCN)OC[C@]1(C)O. The van der Waals surface area contributed by atoms with Gasteiger partial charge in [-0.05, 0) is 46.2 Å². The lowest BCUT2D eigenvalue weighted by Gasteiger charge is -2.49. The van der Waals surface area contributed by atoms with Crippen molar-refractivity contribution in [3.63, 3.8) is 0 Å². The van der Waals surface area contributed by atoms with Gasteiger partial charge >= 0.3 is 0 Å². The van der Waals surface area contributed by atoms with Crippen molar-refractivity contribution >= 4 is 5.91 Å². The molecule has 0 aromatic heterocycles. The topological polar surface area (TPSA) is 269 Å². The molecule has 1 aliphatic carbocycles. The second-order valence-electron chi connectivity index (χ2n) is 11.4. The van der Waals surface area contributed by atoms with Crippen molar-refractivity contribution < 1.29 is 49.3 Å². The second-order valence-corrected chi connectivity index (χ2v) is 11.4. The number of likely N-dealkylation sites (N-methyl/N-ethyl adjacent to an activating group) is 1. The van der Waals surface area contributed by atoms with Crippen LogP contribution < -0.4 is 33.2 Å². The summed E-state index contributed by atoms with van der Waals surface area (Å²) in [5.41, 5.74) is 16.8. The summed E-state index contributed by atoms with van der Waals surface area (Å²) >= 11 is 0. The Kier molecular flexibility index (Phi) is 13.1. The summed E-state index contributed by atoms with van der Waals surface area (Å²) in [7, 11) is 1.57. The molecule has 3 aliphatic rings. The van der Waals surface area contributed by atoms with E-state index in [4.69, 9.17) is 41.3 Å². The Labute approximate surface area is 240 Å². The molecule has 7 unspecified atom stereocenters. The Morgan fingerprint density at radius 1 is 1.12 bits per heavy atom. The normalized spacial score (nSPS) is 42.5. The van der Waals surface area contributed by atoms with E-state index in [1.165, 1.54) is 6.92 Å². The van der Waals surface area contributed by atoms with Crippen molar-refractivity contribution in [1.29, 1.82) is 0 Å². The van der Waals surface area contributed by atoms with Gasteiger partial charge in [0.25, 0.3) is 0 Å². The van der Waals surface area contributed by atoms with Gasteiger partial charge in [0.1, 0.15) is 36.1 Å². The van der Waals surface area contributed by atoms with Gasteiger partial charge in [-0.2, -0.15) is 0 Å². The van der Waals surface area contributed by atoms with Crippen LogP contribution in [0.15, 0.2) is 0 Å². The van der Waals surface area contributed by atoms with E-state index in [1.54, 1.807) is 7.05 Å². The third kappa shape index (κ3) is 8.73. The van der Waals surface area contributed by atoms with Crippen molar-refractivity contribution in [2.45, 2.75) is 112 Å². The van der Waals surface area contributed by atoms with Crippen molar-refractivity contribution in [3.05, 3.63) is 0 Å². The average molecular weight is 595 g/mol. The first-order valence-corrected chi connectivity index (χ1v) is 14.3. The molecule has 3 fully saturated rings. The number of nitrogens with one attached hydrogen (secondary N) is 3. The first-order valence-electron chi connectivity index (χ1n) is 14.3. The van der Waals surface area contributed by atoms with Crippen molar-refractivity contribution in [3.8, 4) is 0 Å². The van der Waals surface area contributed by atoms with E-state index in [9.17, 15) is 25.2 Å². The van der Waals surface area contributed by atoms with Crippen LogP contribution in [0, 0.1) is 0 Å². The lowest BCUT2D eigenvalue weighted by molar-refractivity contribution is -0.307. The predicted molar refractivity (Wildman–Crippen MR) is 145 cm³/mol. The number of rotatable bonds is 13. The Bertz CT molecular complexity index is 815. The molecule has 41 heavy (non-hydrogen) atoms. The minimum absolute atomic E-state index is 0.0103. The van der Waals surface area contributed by atoms with Crippen molar-refractivity contribution in [1.82, 2.24) is 16.0 Å². The third-order valence-corrected chi connectivity index (χ3v) is 7.97. The summed E-state index contributed by atoms with van der Waals surface area (Å²) < 4.78 is 23.9. The molecule has 16 heteroatoms. The van der Waals surface area contributed by atoms with Gasteiger partial charge in [-0.25, -0.2) is 0 Å². The third-order valence-electron chi connectivity index (χ3n) is 7.97. The minimum atomic E-state index is -1.44.